The molecule has 0 aromatic heterocycles. The molecule has 1 spiro atoms. The minimum atomic E-state index is -0.873. The first-order valence-corrected chi connectivity index (χ1v) is 14.3. The highest BCUT2D eigenvalue weighted by atomic mass is 16.7. The van der Waals surface area contributed by atoms with Crippen molar-refractivity contribution in [1.82, 2.24) is 0 Å². The quantitative estimate of drug-likeness (QED) is 0.437. The number of hydrogen-bond acceptors (Lipinski definition) is 5. The molecular formula is C32H43NO4. The van der Waals surface area contributed by atoms with Gasteiger partial charge in [0.25, 0.3) is 0 Å². The number of rotatable bonds is 4. The molecular weight excluding hydrogens is 462 g/mol. The van der Waals surface area contributed by atoms with Crippen LogP contribution in [0.3, 0.4) is 0 Å². The van der Waals surface area contributed by atoms with E-state index in [1.807, 2.05) is 0 Å². The van der Waals surface area contributed by atoms with Crippen LogP contribution >= 0.6 is 0 Å². The maximum Gasteiger partial charge on any atom is 0.171 e. The number of allylic oxidation sites excluding steroid dienone is 1. The predicted molar refractivity (Wildman–Crippen MR) is 145 cm³/mol. The molecule has 0 radical (unpaired) electrons. The molecule has 200 valence electrons. The molecule has 2 N–H and O–H groups in total. The zero-order valence-corrected chi connectivity index (χ0v) is 22.8. The molecule has 5 aliphatic rings. The lowest BCUT2D eigenvalue weighted by molar-refractivity contribution is -0.208. The lowest BCUT2D eigenvalue weighted by atomic mass is 9.49. The fraction of sp³-hybridized carbons (Fsp3) is 0.688. The second kappa shape index (κ2) is 8.85. The Hall–Kier alpha value is -1.84. The first kappa shape index (κ1) is 25.4. The second-order valence-electron chi connectivity index (χ2n) is 12.9. The summed E-state index contributed by atoms with van der Waals surface area (Å²) in [5.74, 6) is 3.13. The van der Waals surface area contributed by atoms with Gasteiger partial charge in [0, 0.05) is 50.4 Å². The van der Waals surface area contributed by atoms with Crippen molar-refractivity contribution in [1.29, 1.82) is 0 Å². The molecule has 1 aromatic carbocycles. The fourth-order valence-electron chi connectivity index (χ4n) is 9.10. The van der Waals surface area contributed by atoms with Gasteiger partial charge >= 0.3 is 0 Å². The number of anilines is 1. The van der Waals surface area contributed by atoms with E-state index in [2.05, 4.69) is 56.1 Å². The van der Waals surface area contributed by atoms with Crippen molar-refractivity contribution in [2.45, 2.75) is 94.0 Å². The minimum absolute atomic E-state index is 0.180. The molecule has 6 atom stereocenters. The van der Waals surface area contributed by atoms with Crippen LogP contribution in [0.4, 0.5) is 5.69 Å². The number of hydrogen-bond donors (Lipinski definition) is 2. The van der Waals surface area contributed by atoms with Gasteiger partial charge < -0.3 is 24.6 Å². The number of fused-ring (bicyclic) bond motifs is 4. The molecule has 0 bridgehead atoms. The highest BCUT2D eigenvalue weighted by molar-refractivity contribution is 5.50. The zero-order chi connectivity index (χ0) is 26.1. The third kappa shape index (κ3) is 3.82. The fourth-order valence-corrected chi connectivity index (χ4v) is 9.10. The summed E-state index contributed by atoms with van der Waals surface area (Å²) in [7, 11) is 4.14. The summed E-state index contributed by atoms with van der Waals surface area (Å²) >= 11 is 0. The van der Waals surface area contributed by atoms with Gasteiger partial charge in [-0.05, 0) is 80.1 Å². The van der Waals surface area contributed by atoms with Crippen LogP contribution < -0.4 is 4.90 Å². The Morgan fingerprint density at radius 1 is 1.05 bits per heavy atom. The summed E-state index contributed by atoms with van der Waals surface area (Å²) in [5.41, 5.74) is 3.37. The molecule has 1 heterocycles. The average molecular weight is 506 g/mol. The van der Waals surface area contributed by atoms with Crippen molar-refractivity contribution in [3.63, 3.8) is 0 Å². The highest BCUT2D eigenvalue weighted by Gasteiger charge is 2.64. The Labute approximate surface area is 222 Å². The number of benzene rings is 1. The number of nitrogens with zero attached hydrogens (tertiary/aromatic N) is 1. The molecule has 5 nitrogen and oxygen atoms in total. The maximum atomic E-state index is 12.2. The molecule has 0 amide bonds. The number of terminal acetylenes is 1. The van der Waals surface area contributed by atoms with E-state index in [-0.39, 0.29) is 11.3 Å². The Bertz CT molecular complexity index is 1110. The summed E-state index contributed by atoms with van der Waals surface area (Å²) in [5, 5.41) is 24.2. The van der Waals surface area contributed by atoms with E-state index in [1.54, 1.807) is 0 Å². The van der Waals surface area contributed by atoms with E-state index in [0.29, 0.717) is 44.3 Å². The van der Waals surface area contributed by atoms with E-state index < -0.39 is 17.0 Å². The summed E-state index contributed by atoms with van der Waals surface area (Å²) in [6.45, 7) is 3.56. The molecule has 4 aliphatic carbocycles. The van der Waals surface area contributed by atoms with Crippen LogP contribution in [0.15, 0.2) is 35.4 Å². The van der Waals surface area contributed by atoms with Crippen molar-refractivity contribution < 1.29 is 19.7 Å². The summed E-state index contributed by atoms with van der Waals surface area (Å²) in [4.78, 5) is 2.13. The standard InChI is InChI=1S/C32H43NO4/c1-5-6-14-31(35)16-12-26-24-11-15-30(34)21-32(36-18-19-37-32)17-13-27(30)28(24)25(20-29(26,31)2)22-7-9-23(10-8-22)33(3)4/h1,7-10,24-26,34-35H,6,11-21H2,2-4H3/t24-,25+,26-,29-,30+,31-/m0/s1. The van der Waals surface area contributed by atoms with Crippen molar-refractivity contribution in [2.75, 3.05) is 32.2 Å². The van der Waals surface area contributed by atoms with Gasteiger partial charge in [-0.15, -0.1) is 12.3 Å². The van der Waals surface area contributed by atoms with Crippen LogP contribution in [0.5, 0.6) is 0 Å². The number of aliphatic hydroxyl groups is 2. The average Bonchev–Trinajstić information content (AvgIpc) is 3.43. The van der Waals surface area contributed by atoms with E-state index in [0.717, 1.165) is 44.9 Å². The SMILES string of the molecule is C#CCC[C@]1(O)CC[C@H]2[C@@H]3CC[C@@]4(O)CC5(CCC4=C3[C@@H](c3ccc(N(C)C)cc3)C[C@@]21C)OCCO5. The predicted octanol–water partition coefficient (Wildman–Crippen LogP) is 5.17. The molecule has 6 rings (SSSR count). The van der Waals surface area contributed by atoms with Gasteiger partial charge in [-0.25, -0.2) is 0 Å². The van der Waals surface area contributed by atoms with Gasteiger partial charge in [-0.2, -0.15) is 0 Å². The van der Waals surface area contributed by atoms with Gasteiger partial charge in [0.2, 0.25) is 0 Å². The monoisotopic (exact) mass is 505 g/mol. The lowest BCUT2D eigenvalue weighted by Crippen LogP contribution is -2.55. The first-order valence-electron chi connectivity index (χ1n) is 14.3. The van der Waals surface area contributed by atoms with E-state index in [9.17, 15) is 10.2 Å². The normalized spacial score (nSPS) is 40.2. The molecule has 37 heavy (non-hydrogen) atoms. The molecule has 3 saturated carbocycles. The Kier molecular flexibility index (Phi) is 6.08. The van der Waals surface area contributed by atoms with Crippen molar-refractivity contribution in [3.8, 4) is 12.3 Å². The highest BCUT2D eigenvalue weighted by Crippen LogP contribution is 2.68. The molecule has 1 aromatic rings. The molecule has 1 aliphatic heterocycles. The van der Waals surface area contributed by atoms with Crippen LogP contribution in [0, 0.1) is 29.6 Å². The third-order valence-electron chi connectivity index (χ3n) is 11.0. The van der Waals surface area contributed by atoms with Gasteiger partial charge in [-0.1, -0.05) is 24.6 Å². The zero-order valence-electron chi connectivity index (χ0n) is 22.8. The maximum absolute atomic E-state index is 12.2. The van der Waals surface area contributed by atoms with Gasteiger partial charge in [-0.3, -0.25) is 0 Å². The van der Waals surface area contributed by atoms with Crippen molar-refractivity contribution >= 4 is 5.69 Å². The van der Waals surface area contributed by atoms with Crippen LogP contribution in [-0.2, 0) is 9.47 Å². The lowest BCUT2D eigenvalue weighted by Gasteiger charge is -2.57. The van der Waals surface area contributed by atoms with Crippen LogP contribution in [0.25, 0.3) is 0 Å². The Morgan fingerprint density at radius 3 is 2.46 bits per heavy atom. The van der Waals surface area contributed by atoms with Gasteiger partial charge in [0.15, 0.2) is 5.79 Å². The Morgan fingerprint density at radius 2 is 1.78 bits per heavy atom. The Balaban J connectivity index is 1.45. The molecule has 4 fully saturated rings. The van der Waals surface area contributed by atoms with Crippen molar-refractivity contribution in [3.05, 3.63) is 41.0 Å². The minimum Gasteiger partial charge on any atom is -0.389 e. The van der Waals surface area contributed by atoms with E-state index >= 15 is 0 Å². The van der Waals surface area contributed by atoms with Crippen molar-refractivity contribution in [2.24, 2.45) is 17.3 Å². The topological polar surface area (TPSA) is 62.2 Å². The molecule has 1 saturated heterocycles. The largest absolute Gasteiger partial charge is 0.389 e. The summed E-state index contributed by atoms with van der Waals surface area (Å²) < 4.78 is 12.1. The van der Waals surface area contributed by atoms with E-state index in [1.165, 1.54) is 22.4 Å². The molecule has 0 unspecified atom stereocenters. The first-order chi connectivity index (χ1) is 17.6. The van der Waals surface area contributed by atoms with Crippen LogP contribution in [0.1, 0.15) is 82.6 Å². The van der Waals surface area contributed by atoms with Crippen LogP contribution in [0.2, 0.25) is 0 Å². The second-order valence-corrected chi connectivity index (χ2v) is 12.9. The van der Waals surface area contributed by atoms with Gasteiger partial charge in [0.1, 0.15) is 0 Å². The smallest absolute Gasteiger partial charge is 0.171 e. The van der Waals surface area contributed by atoms with Gasteiger partial charge in [0.05, 0.1) is 24.4 Å². The summed E-state index contributed by atoms with van der Waals surface area (Å²) in [6, 6.07) is 8.94. The van der Waals surface area contributed by atoms with Crippen LogP contribution in [-0.4, -0.2) is 54.5 Å². The summed E-state index contributed by atoms with van der Waals surface area (Å²) in [6.07, 6.45) is 13.5. The molecule has 5 heteroatoms. The van der Waals surface area contributed by atoms with E-state index in [4.69, 9.17) is 15.9 Å². The third-order valence-corrected chi connectivity index (χ3v) is 11.0. The number of ether oxygens (including phenoxy) is 2.